The molecular weight excluding hydrogens is 538 g/mol. The Hall–Kier alpha value is -4.69. The second-order valence-corrected chi connectivity index (χ2v) is 12.3. The first-order valence-electron chi connectivity index (χ1n) is 14.7. The minimum atomic E-state index is -0.377. The molecule has 8 heteroatoms. The highest BCUT2D eigenvalue weighted by Gasteiger charge is 2.22. The number of phenolic OH excluding ortho intramolecular Hbond substituents is 1. The van der Waals surface area contributed by atoms with Gasteiger partial charge in [-0.05, 0) is 72.0 Å². The number of aromatic hydroxyl groups is 1. The van der Waals surface area contributed by atoms with Crippen molar-refractivity contribution in [2.75, 3.05) is 23.8 Å². The quantitative estimate of drug-likeness (QED) is 0.193. The zero-order valence-corrected chi connectivity index (χ0v) is 25.0. The molecule has 220 valence electrons. The fraction of sp³-hybridized carbons (Fsp3) is 0.286. The molecule has 6 rings (SSSR count). The molecule has 3 N–H and O–H groups in total. The number of nitrogens with one attached hydrogen (secondary N) is 2. The molecule has 2 aromatic heterocycles. The Bertz CT molecular complexity index is 1780. The number of amides is 2. The summed E-state index contributed by atoms with van der Waals surface area (Å²) in [5, 5.41) is 23.5. The third-order valence-corrected chi connectivity index (χ3v) is 7.96. The topological polar surface area (TPSA) is 101 Å². The second kappa shape index (κ2) is 11.5. The molecule has 8 nitrogen and oxygen atoms in total. The zero-order chi connectivity index (χ0) is 30.1. The maximum absolute atomic E-state index is 13.4. The fourth-order valence-corrected chi connectivity index (χ4v) is 5.51. The van der Waals surface area contributed by atoms with Crippen LogP contribution in [0.2, 0.25) is 0 Å². The lowest BCUT2D eigenvalue weighted by atomic mass is 9.92. The smallest absolute Gasteiger partial charge is 0.324 e. The Morgan fingerprint density at radius 3 is 2.53 bits per heavy atom. The molecule has 0 aliphatic carbocycles. The van der Waals surface area contributed by atoms with E-state index < -0.39 is 0 Å². The molecule has 0 spiro atoms. The molecule has 1 saturated heterocycles. The van der Waals surface area contributed by atoms with Crippen molar-refractivity contribution in [2.24, 2.45) is 5.92 Å². The van der Waals surface area contributed by atoms with Gasteiger partial charge in [-0.1, -0.05) is 63.2 Å². The van der Waals surface area contributed by atoms with Crippen molar-refractivity contribution in [1.29, 1.82) is 0 Å². The summed E-state index contributed by atoms with van der Waals surface area (Å²) in [6.07, 6.45) is 3.58. The van der Waals surface area contributed by atoms with Crippen molar-refractivity contribution in [3.05, 3.63) is 95.9 Å². The Labute approximate surface area is 251 Å². The molecule has 1 aliphatic rings. The Morgan fingerprint density at radius 2 is 1.84 bits per heavy atom. The van der Waals surface area contributed by atoms with Crippen molar-refractivity contribution in [3.63, 3.8) is 0 Å². The molecule has 5 aromatic rings. The molecule has 3 heterocycles. The molecular formula is C35H37N5O3. The number of fused-ring (bicyclic) bond motifs is 1. The Balaban J connectivity index is 1.27. The number of ether oxygens (including phenoxy) is 1. The molecule has 0 bridgehead atoms. The highest BCUT2D eigenvalue weighted by molar-refractivity contribution is 6.09. The number of anilines is 2. The van der Waals surface area contributed by atoms with Crippen LogP contribution in [0.25, 0.3) is 27.6 Å². The van der Waals surface area contributed by atoms with E-state index in [9.17, 15) is 9.90 Å². The number of rotatable bonds is 6. The maximum atomic E-state index is 13.4. The van der Waals surface area contributed by atoms with E-state index in [1.165, 1.54) is 0 Å². The third kappa shape index (κ3) is 6.10. The number of urea groups is 1. The summed E-state index contributed by atoms with van der Waals surface area (Å²) in [5.74, 6) is 1.29. The number of hydrogen-bond donors (Lipinski definition) is 3. The number of aromatic nitrogens is 3. The minimum Gasteiger partial charge on any atom is -0.508 e. The molecule has 1 fully saturated rings. The van der Waals surface area contributed by atoms with E-state index in [1.807, 2.05) is 73.7 Å². The number of aryl methyl sites for hydroxylation is 1. The summed E-state index contributed by atoms with van der Waals surface area (Å²) in [4.78, 5) is 17.8. The number of carbonyl (C=O) groups is 1. The monoisotopic (exact) mass is 575 g/mol. The highest BCUT2D eigenvalue weighted by Crippen LogP contribution is 2.36. The van der Waals surface area contributed by atoms with E-state index in [-0.39, 0.29) is 11.4 Å². The van der Waals surface area contributed by atoms with Crippen LogP contribution >= 0.6 is 0 Å². The van der Waals surface area contributed by atoms with Gasteiger partial charge in [-0.15, -0.1) is 0 Å². The van der Waals surface area contributed by atoms with Crippen molar-refractivity contribution in [2.45, 2.75) is 46.0 Å². The van der Waals surface area contributed by atoms with Gasteiger partial charge in [0, 0.05) is 35.8 Å². The van der Waals surface area contributed by atoms with Gasteiger partial charge >= 0.3 is 6.03 Å². The van der Waals surface area contributed by atoms with E-state index in [0.717, 1.165) is 70.6 Å². The second-order valence-electron chi connectivity index (χ2n) is 12.3. The van der Waals surface area contributed by atoms with Gasteiger partial charge in [0.2, 0.25) is 0 Å². The van der Waals surface area contributed by atoms with Crippen LogP contribution in [0.3, 0.4) is 0 Å². The van der Waals surface area contributed by atoms with Gasteiger partial charge in [0.15, 0.2) is 0 Å². The number of carbonyl (C=O) groups excluding carboxylic acids is 1. The lowest BCUT2D eigenvalue weighted by molar-refractivity contribution is 0.185. The first kappa shape index (κ1) is 28.4. The van der Waals surface area contributed by atoms with Gasteiger partial charge in [0.25, 0.3) is 0 Å². The number of nitrogens with zero attached hydrogens (tertiary/aromatic N) is 3. The summed E-state index contributed by atoms with van der Waals surface area (Å²) in [6, 6.07) is 23.1. The average molecular weight is 576 g/mol. The molecule has 43 heavy (non-hydrogen) atoms. The van der Waals surface area contributed by atoms with E-state index >= 15 is 0 Å². The van der Waals surface area contributed by atoms with Crippen molar-refractivity contribution >= 4 is 28.3 Å². The van der Waals surface area contributed by atoms with E-state index in [0.29, 0.717) is 23.2 Å². The average Bonchev–Trinajstić information content (AvgIpc) is 3.65. The number of pyridine rings is 1. The maximum Gasteiger partial charge on any atom is 0.324 e. The highest BCUT2D eigenvalue weighted by atomic mass is 16.5. The first-order valence-corrected chi connectivity index (χ1v) is 14.7. The summed E-state index contributed by atoms with van der Waals surface area (Å²) in [7, 11) is 0. The van der Waals surface area contributed by atoms with Crippen LogP contribution in [-0.4, -0.2) is 39.1 Å². The van der Waals surface area contributed by atoms with Gasteiger partial charge in [-0.25, -0.2) is 9.48 Å². The summed E-state index contributed by atoms with van der Waals surface area (Å²) >= 11 is 0. The standard InChI is InChI=1S/C35H37N5O3/c1-22-9-12-26(20-36-22)40-33(19-32(39-40)35(2,3)4)38-34(42)37-30-14-13-27(28-7-5-6-8-29(28)30)24-10-11-25(31(41)18-24)17-23-15-16-43-21-23/h5-14,18-20,23,41H,15-17,21H2,1-4H3,(H2,37,38,42). The van der Waals surface area contributed by atoms with Gasteiger partial charge in [0.05, 0.1) is 23.3 Å². The van der Waals surface area contributed by atoms with Gasteiger partial charge in [0.1, 0.15) is 11.6 Å². The van der Waals surface area contributed by atoms with E-state index in [1.54, 1.807) is 10.9 Å². The SMILES string of the molecule is Cc1ccc(-n2nc(C(C)(C)C)cc2NC(=O)Nc2ccc(-c3ccc(CC4CCOC4)c(O)c3)c3ccccc23)cn1. The Kier molecular flexibility index (Phi) is 7.62. The van der Waals surface area contributed by atoms with E-state index in [4.69, 9.17) is 9.84 Å². The van der Waals surface area contributed by atoms with Gasteiger partial charge < -0.3 is 15.2 Å². The molecule has 0 radical (unpaired) electrons. The molecule has 1 aliphatic heterocycles. The fourth-order valence-electron chi connectivity index (χ4n) is 5.51. The van der Waals surface area contributed by atoms with Crippen LogP contribution in [0.4, 0.5) is 16.3 Å². The van der Waals surface area contributed by atoms with Crippen LogP contribution in [0, 0.1) is 12.8 Å². The first-order chi connectivity index (χ1) is 20.7. The lowest BCUT2D eigenvalue weighted by Crippen LogP contribution is -2.21. The molecule has 3 aromatic carbocycles. The predicted molar refractivity (Wildman–Crippen MR) is 171 cm³/mol. The Morgan fingerprint density at radius 1 is 1.02 bits per heavy atom. The largest absolute Gasteiger partial charge is 0.508 e. The lowest BCUT2D eigenvalue weighted by Gasteiger charge is -2.15. The van der Waals surface area contributed by atoms with Crippen LogP contribution in [0.5, 0.6) is 5.75 Å². The van der Waals surface area contributed by atoms with Crippen molar-refractivity contribution < 1.29 is 14.6 Å². The predicted octanol–water partition coefficient (Wildman–Crippen LogP) is 7.62. The molecule has 2 amide bonds. The van der Waals surface area contributed by atoms with Gasteiger partial charge in [-0.2, -0.15) is 5.10 Å². The third-order valence-electron chi connectivity index (χ3n) is 7.96. The van der Waals surface area contributed by atoms with Crippen LogP contribution in [-0.2, 0) is 16.6 Å². The number of hydrogen-bond acceptors (Lipinski definition) is 5. The van der Waals surface area contributed by atoms with Gasteiger partial charge in [-0.3, -0.25) is 10.3 Å². The molecule has 1 unspecified atom stereocenters. The zero-order valence-electron chi connectivity index (χ0n) is 25.0. The molecule has 0 saturated carbocycles. The van der Waals surface area contributed by atoms with Crippen LogP contribution in [0.1, 0.15) is 44.1 Å². The number of benzene rings is 3. The summed E-state index contributed by atoms with van der Waals surface area (Å²) in [6.45, 7) is 9.73. The summed E-state index contributed by atoms with van der Waals surface area (Å²) in [5.41, 5.74) is 5.82. The normalized spacial score (nSPS) is 15.1. The van der Waals surface area contributed by atoms with Crippen molar-refractivity contribution in [1.82, 2.24) is 14.8 Å². The molecule has 1 atom stereocenters. The summed E-state index contributed by atoms with van der Waals surface area (Å²) < 4.78 is 7.22. The van der Waals surface area contributed by atoms with Crippen LogP contribution < -0.4 is 10.6 Å². The van der Waals surface area contributed by atoms with E-state index in [2.05, 4.69) is 42.5 Å². The van der Waals surface area contributed by atoms with Crippen molar-refractivity contribution in [3.8, 4) is 22.6 Å². The minimum absolute atomic E-state index is 0.208. The van der Waals surface area contributed by atoms with Crippen LogP contribution in [0.15, 0.2) is 79.0 Å². The number of phenols is 1.